The Morgan fingerprint density at radius 3 is 1.00 bits per heavy atom. The highest BCUT2D eigenvalue weighted by atomic mass is 16.4. The minimum Gasteiger partial charge on any atom is -0.478 e. The fourth-order valence-electron chi connectivity index (χ4n) is 6.13. The van der Waals surface area contributed by atoms with Crippen LogP contribution in [0, 0.1) is 0 Å². The van der Waals surface area contributed by atoms with Gasteiger partial charge in [-0.05, 0) is 53.9 Å². The van der Waals surface area contributed by atoms with Gasteiger partial charge in [0.15, 0.2) is 0 Å². The molecule has 0 saturated heterocycles. The predicted molar refractivity (Wildman–Crippen MR) is 133 cm³/mol. The standard InChI is InChI=1S/C28H12O8/c29-25(30)19-12-7-5-10-3-1-9-2-4-11-6-8-13-18-16(11)14(9)15(10)17(12)21(18)22(23(19)27(33)34)24(28(35)36)20(13)26(31)32/h1-8H,(H,29,30)(H,31,32)(H,33,34)(H,35,36). The smallest absolute Gasteiger partial charge is 0.337 e. The lowest BCUT2D eigenvalue weighted by atomic mass is 9.77. The van der Waals surface area contributed by atoms with Gasteiger partial charge in [-0.2, -0.15) is 0 Å². The minimum atomic E-state index is -1.66. The molecule has 7 rings (SSSR count). The molecule has 0 atom stereocenters. The zero-order valence-electron chi connectivity index (χ0n) is 18.0. The van der Waals surface area contributed by atoms with Crippen LogP contribution < -0.4 is 0 Å². The monoisotopic (exact) mass is 476 g/mol. The molecule has 0 bridgehead atoms. The number of benzene rings is 7. The van der Waals surface area contributed by atoms with Crippen molar-refractivity contribution in [2.24, 2.45) is 0 Å². The lowest BCUT2D eigenvalue weighted by molar-refractivity contribution is 0.0649. The van der Waals surface area contributed by atoms with Gasteiger partial charge in [0.2, 0.25) is 0 Å². The van der Waals surface area contributed by atoms with Crippen LogP contribution in [0.2, 0.25) is 0 Å². The first-order valence-corrected chi connectivity index (χ1v) is 10.9. The van der Waals surface area contributed by atoms with Crippen molar-refractivity contribution in [3.8, 4) is 0 Å². The molecule has 7 aromatic carbocycles. The molecule has 4 N–H and O–H groups in total. The SMILES string of the molecule is O=C(O)c1c(C(=O)O)c2c(C(=O)O)c(C(=O)O)c3ccc4ccc5ccc6ccc1c1c6c5c4c3c21. The van der Waals surface area contributed by atoms with Gasteiger partial charge in [0.1, 0.15) is 0 Å². The number of hydrogen-bond acceptors (Lipinski definition) is 4. The Morgan fingerprint density at radius 2 is 0.667 bits per heavy atom. The highest BCUT2D eigenvalue weighted by Crippen LogP contribution is 2.51. The predicted octanol–water partition coefficient (Wildman–Crippen LogP) is 5.71. The van der Waals surface area contributed by atoms with E-state index in [0.717, 1.165) is 21.5 Å². The van der Waals surface area contributed by atoms with E-state index in [4.69, 9.17) is 0 Å². The number of aromatic carboxylic acids is 4. The van der Waals surface area contributed by atoms with Gasteiger partial charge in [-0.25, -0.2) is 19.2 Å². The van der Waals surface area contributed by atoms with E-state index >= 15 is 0 Å². The molecule has 0 saturated carbocycles. The van der Waals surface area contributed by atoms with Gasteiger partial charge in [-0.15, -0.1) is 0 Å². The van der Waals surface area contributed by atoms with E-state index in [1.165, 1.54) is 12.1 Å². The average molecular weight is 476 g/mol. The molecule has 0 heterocycles. The van der Waals surface area contributed by atoms with Crippen molar-refractivity contribution in [3.05, 3.63) is 70.8 Å². The molecule has 0 aromatic heterocycles. The van der Waals surface area contributed by atoms with Crippen LogP contribution in [0.5, 0.6) is 0 Å². The molecule has 0 aliphatic heterocycles. The summed E-state index contributed by atoms with van der Waals surface area (Å²) in [5, 5.41) is 46.2. The van der Waals surface area contributed by atoms with Crippen LogP contribution in [-0.2, 0) is 0 Å². The van der Waals surface area contributed by atoms with Crippen LogP contribution in [0.1, 0.15) is 41.4 Å². The van der Waals surface area contributed by atoms with Crippen molar-refractivity contribution < 1.29 is 39.6 Å². The second kappa shape index (κ2) is 6.25. The molecule has 8 heteroatoms. The second-order valence-corrected chi connectivity index (χ2v) is 8.87. The van der Waals surface area contributed by atoms with Crippen molar-refractivity contribution >= 4 is 88.5 Å². The summed E-state index contributed by atoms with van der Waals surface area (Å²) in [5.41, 5.74) is -2.63. The fourth-order valence-corrected chi connectivity index (χ4v) is 6.13. The third kappa shape index (κ3) is 2.10. The molecule has 7 aromatic rings. The van der Waals surface area contributed by atoms with Gasteiger partial charge in [0.25, 0.3) is 0 Å². The van der Waals surface area contributed by atoms with Gasteiger partial charge in [0.05, 0.1) is 22.3 Å². The first-order chi connectivity index (χ1) is 17.2. The third-order valence-corrected chi connectivity index (χ3v) is 7.29. The van der Waals surface area contributed by atoms with Crippen LogP contribution in [-0.4, -0.2) is 44.3 Å². The molecular weight excluding hydrogens is 464 g/mol. The number of carboxylic acids is 4. The van der Waals surface area contributed by atoms with Crippen molar-refractivity contribution in [3.63, 3.8) is 0 Å². The third-order valence-electron chi connectivity index (χ3n) is 7.29. The highest BCUT2D eigenvalue weighted by molar-refractivity contribution is 6.49. The lowest BCUT2D eigenvalue weighted by Crippen LogP contribution is -2.16. The topological polar surface area (TPSA) is 149 Å². The van der Waals surface area contributed by atoms with Crippen LogP contribution >= 0.6 is 0 Å². The molecule has 0 aliphatic carbocycles. The van der Waals surface area contributed by atoms with E-state index in [0.29, 0.717) is 21.5 Å². The zero-order chi connectivity index (χ0) is 25.2. The first-order valence-electron chi connectivity index (χ1n) is 10.9. The summed E-state index contributed by atoms with van der Waals surface area (Å²) in [4.78, 5) is 50.1. The Labute approximate surface area is 199 Å². The molecular formula is C28H12O8. The van der Waals surface area contributed by atoms with Crippen molar-refractivity contribution in [2.75, 3.05) is 0 Å². The zero-order valence-corrected chi connectivity index (χ0v) is 18.0. The number of rotatable bonds is 4. The van der Waals surface area contributed by atoms with Crippen molar-refractivity contribution in [1.29, 1.82) is 0 Å². The molecule has 172 valence electrons. The molecule has 0 amide bonds. The average Bonchev–Trinajstić information content (AvgIpc) is 2.84. The summed E-state index contributed by atoms with van der Waals surface area (Å²) in [6.07, 6.45) is 0. The van der Waals surface area contributed by atoms with E-state index in [1.54, 1.807) is 12.1 Å². The van der Waals surface area contributed by atoms with Crippen LogP contribution in [0.25, 0.3) is 64.6 Å². The molecule has 8 nitrogen and oxygen atoms in total. The Balaban J connectivity index is 2.06. The Morgan fingerprint density at radius 1 is 0.361 bits per heavy atom. The molecule has 0 radical (unpaired) electrons. The lowest BCUT2D eigenvalue weighted by Gasteiger charge is -2.24. The van der Waals surface area contributed by atoms with Crippen LogP contribution in [0.4, 0.5) is 0 Å². The second-order valence-electron chi connectivity index (χ2n) is 8.87. The normalized spacial score (nSPS) is 12.2. The molecule has 0 fully saturated rings. The summed E-state index contributed by atoms with van der Waals surface area (Å²) >= 11 is 0. The Kier molecular flexibility index (Phi) is 3.50. The summed E-state index contributed by atoms with van der Waals surface area (Å²) in [5.74, 6) is -6.41. The van der Waals surface area contributed by atoms with Crippen molar-refractivity contribution in [1.82, 2.24) is 0 Å². The van der Waals surface area contributed by atoms with E-state index < -0.39 is 51.5 Å². The van der Waals surface area contributed by atoms with Gasteiger partial charge < -0.3 is 20.4 Å². The maximum absolute atomic E-state index is 12.6. The molecule has 0 unspecified atom stereocenters. The number of hydrogen-bond donors (Lipinski definition) is 4. The maximum Gasteiger partial charge on any atom is 0.337 e. The van der Waals surface area contributed by atoms with Crippen LogP contribution in [0.3, 0.4) is 0 Å². The largest absolute Gasteiger partial charge is 0.478 e. The summed E-state index contributed by atoms with van der Waals surface area (Å²) < 4.78 is 0. The Bertz CT molecular complexity index is 2010. The number of carboxylic acid groups (broad SMARTS) is 4. The highest BCUT2D eigenvalue weighted by Gasteiger charge is 2.35. The maximum atomic E-state index is 12.6. The van der Waals surface area contributed by atoms with Crippen molar-refractivity contribution in [2.45, 2.75) is 0 Å². The van der Waals surface area contributed by atoms with Gasteiger partial charge in [0, 0.05) is 10.8 Å². The van der Waals surface area contributed by atoms with Gasteiger partial charge in [-0.1, -0.05) is 48.5 Å². The van der Waals surface area contributed by atoms with E-state index in [-0.39, 0.29) is 16.2 Å². The Hall–Kier alpha value is -5.24. The molecule has 0 aliphatic rings. The van der Waals surface area contributed by atoms with Gasteiger partial charge in [-0.3, -0.25) is 0 Å². The first kappa shape index (κ1) is 20.2. The van der Waals surface area contributed by atoms with E-state index in [1.807, 2.05) is 24.3 Å². The van der Waals surface area contributed by atoms with E-state index in [9.17, 15) is 39.6 Å². The fraction of sp³-hybridized carbons (Fsp3) is 0. The summed E-state index contributed by atoms with van der Waals surface area (Å²) in [6.45, 7) is 0. The molecule has 0 spiro atoms. The van der Waals surface area contributed by atoms with Crippen LogP contribution in [0.15, 0.2) is 48.5 Å². The quantitative estimate of drug-likeness (QED) is 0.186. The molecule has 36 heavy (non-hydrogen) atoms. The van der Waals surface area contributed by atoms with Gasteiger partial charge >= 0.3 is 23.9 Å². The summed E-state index contributed by atoms with van der Waals surface area (Å²) in [7, 11) is 0. The summed E-state index contributed by atoms with van der Waals surface area (Å²) in [6, 6.07) is 14.1. The van der Waals surface area contributed by atoms with E-state index in [2.05, 4.69) is 0 Å². The minimum absolute atomic E-state index is 0.152. The number of carbonyl (C=O) groups is 4.